The Morgan fingerprint density at radius 2 is 1.17 bits per heavy atom. The highest BCUT2D eigenvalue weighted by Gasteiger charge is 2.16. The minimum absolute atomic E-state index is 0. The molecule has 174 valence electrons. The summed E-state index contributed by atoms with van der Waals surface area (Å²) in [4.78, 5) is 0. The van der Waals surface area contributed by atoms with Crippen molar-refractivity contribution >= 4 is 12.4 Å². The number of hydrogen-bond acceptors (Lipinski definition) is 3. The molecule has 0 heterocycles. The van der Waals surface area contributed by atoms with E-state index in [1.165, 1.54) is 116 Å². The fourth-order valence-electron chi connectivity index (χ4n) is 5.48. The van der Waals surface area contributed by atoms with Crippen molar-refractivity contribution < 1.29 is 0 Å². The standard InChI is InChI=1S/C25H51N3.ClH/c26-19-9-20-27-21-10-22-28-25(17-7-15-23-11-3-1-4-12-23)18-8-16-24-13-5-2-6-14-24;/h23-25,27-28H,1-22,26H2;1H. The van der Waals surface area contributed by atoms with E-state index in [-0.39, 0.29) is 12.4 Å². The Kier molecular flexibility index (Phi) is 17.7. The van der Waals surface area contributed by atoms with Crippen LogP contribution in [0.15, 0.2) is 0 Å². The van der Waals surface area contributed by atoms with Crippen LogP contribution in [0.2, 0.25) is 0 Å². The Bertz CT molecular complexity index is 317. The highest BCUT2D eigenvalue weighted by Crippen LogP contribution is 2.29. The molecule has 0 aromatic carbocycles. The van der Waals surface area contributed by atoms with Crippen LogP contribution in [0.5, 0.6) is 0 Å². The Hall–Kier alpha value is 0.170. The first-order chi connectivity index (χ1) is 13.9. The fourth-order valence-corrected chi connectivity index (χ4v) is 5.48. The topological polar surface area (TPSA) is 50.1 Å². The van der Waals surface area contributed by atoms with Gasteiger partial charge in [-0.3, -0.25) is 0 Å². The molecule has 4 heteroatoms. The molecule has 0 bridgehead atoms. The summed E-state index contributed by atoms with van der Waals surface area (Å²) in [5.74, 6) is 2.09. The summed E-state index contributed by atoms with van der Waals surface area (Å²) in [5, 5.41) is 7.43. The number of rotatable bonds is 16. The molecule has 0 aromatic rings. The Morgan fingerprint density at radius 1 is 0.655 bits per heavy atom. The molecular formula is C25H52ClN3. The first-order valence-corrected chi connectivity index (χ1v) is 13.0. The van der Waals surface area contributed by atoms with Gasteiger partial charge in [-0.15, -0.1) is 12.4 Å². The number of nitrogens with two attached hydrogens (primary N) is 1. The van der Waals surface area contributed by atoms with Gasteiger partial charge in [0, 0.05) is 6.04 Å². The Balaban J connectivity index is 0.00000420. The molecule has 0 atom stereocenters. The Morgan fingerprint density at radius 3 is 1.69 bits per heavy atom. The largest absolute Gasteiger partial charge is 0.330 e. The van der Waals surface area contributed by atoms with Crippen molar-refractivity contribution in [3.8, 4) is 0 Å². The molecule has 29 heavy (non-hydrogen) atoms. The maximum atomic E-state index is 5.56. The van der Waals surface area contributed by atoms with Crippen LogP contribution in [0.3, 0.4) is 0 Å². The van der Waals surface area contributed by atoms with Gasteiger partial charge in [-0.05, 0) is 63.7 Å². The molecule has 3 nitrogen and oxygen atoms in total. The predicted octanol–water partition coefficient (Wildman–Crippen LogP) is 6.20. The second-order valence-corrected chi connectivity index (χ2v) is 9.77. The van der Waals surface area contributed by atoms with Crippen LogP contribution >= 0.6 is 12.4 Å². The first kappa shape index (κ1) is 27.2. The predicted molar refractivity (Wildman–Crippen MR) is 131 cm³/mol. The average Bonchev–Trinajstić information content (AvgIpc) is 2.74. The normalized spacial score (nSPS) is 18.8. The third-order valence-electron chi connectivity index (χ3n) is 7.30. The van der Waals surface area contributed by atoms with E-state index in [0.29, 0.717) is 0 Å². The number of halogens is 1. The van der Waals surface area contributed by atoms with Crippen LogP contribution < -0.4 is 16.4 Å². The van der Waals surface area contributed by atoms with E-state index < -0.39 is 0 Å². The first-order valence-electron chi connectivity index (χ1n) is 13.0. The zero-order chi connectivity index (χ0) is 19.7. The van der Waals surface area contributed by atoms with Crippen molar-refractivity contribution in [3.63, 3.8) is 0 Å². The average molecular weight is 430 g/mol. The maximum absolute atomic E-state index is 5.56. The molecule has 0 radical (unpaired) electrons. The van der Waals surface area contributed by atoms with E-state index in [0.717, 1.165) is 43.9 Å². The molecule has 0 spiro atoms. The van der Waals surface area contributed by atoms with Gasteiger partial charge < -0.3 is 16.4 Å². The van der Waals surface area contributed by atoms with Gasteiger partial charge in [0.15, 0.2) is 0 Å². The second kappa shape index (κ2) is 18.9. The van der Waals surface area contributed by atoms with Gasteiger partial charge in [0.2, 0.25) is 0 Å². The SMILES string of the molecule is Cl.NCCCNCCCNC(CCCC1CCCCC1)CCCC1CCCCC1. The highest BCUT2D eigenvalue weighted by atomic mass is 35.5. The van der Waals surface area contributed by atoms with Crippen molar-refractivity contribution in [2.45, 2.75) is 122 Å². The van der Waals surface area contributed by atoms with Gasteiger partial charge >= 0.3 is 0 Å². The van der Waals surface area contributed by atoms with Gasteiger partial charge in [-0.1, -0.05) is 89.9 Å². The summed E-state index contributed by atoms with van der Waals surface area (Å²) in [6.07, 6.45) is 26.0. The quantitative estimate of drug-likeness (QED) is 0.256. The summed E-state index contributed by atoms with van der Waals surface area (Å²) >= 11 is 0. The highest BCUT2D eigenvalue weighted by molar-refractivity contribution is 5.85. The molecule has 0 amide bonds. The van der Waals surface area contributed by atoms with Gasteiger partial charge in [0.1, 0.15) is 0 Å². The van der Waals surface area contributed by atoms with Crippen LogP contribution in [0, 0.1) is 11.8 Å². The molecule has 0 unspecified atom stereocenters. The van der Waals surface area contributed by atoms with Crippen LogP contribution in [0.1, 0.15) is 116 Å². The molecule has 0 saturated heterocycles. The van der Waals surface area contributed by atoms with Crippen LogP contribution in [-0.4, -0.2) is 32.2 Å². The number of nitrogens with one attached hydrogen (secondary N) is 2. The van der Waals surface area contributed by atoms with Crippen molar-refractivity contribution in [2.24, 2.45) is 17.6 Å². The summed E-state index contributed by atoms with van der Waals surface area (Å²) in [6, 6.07) is 0.760. The molecule has 2 rings (SSSR count). The molecular weight excluding hydrogens is 378 g/mol. The molecule has 2 saturated carbocycles. The van der Waals surface area contributed by atoms with Crippen molar-refractivity contribution in [3.05, 3.63) is 0 Å². The van der Waals surface area contributed by atoms with Crippen molar-refractivity contribution in [1.82, 2.24) is 10.6 Å². The molecule has 0 aliphatic heterocycles. The molecule has 2 aliphatic rings. The van der Waals surface area contributed by atoms with E-state index in [2.05, 4.69) is 10.6 Å². The van der Waals surface area contributed by atoms with Crippen molar-refractivity contribution in [2.75, 3.05) is 26.2 Å². The number of hydrogen-bond donors (Lipinski definition) is 3. The lowest BCUT2D eigenvalue weighted by molar-refractivity contribution is 0.304. The summed E-state index contributed by atoms with van der Waals surface area (Å²) in [7, 11) is 0. The second-order valence-electron chi connectivity index (χ2n) is 9.77. The van der Waals surface area contributed by atoms with Gasteiger partial charge in [-0.2, -0.15) is 0 Å². The van der Waals surface area contributed by atoms with Crippen molar-refractivity contribution in [1.29, 1.82) is 0 Å². The third-order valence-corrected chi connectivity index (χ3v) is 7.30. The van der Waals surface area contributed by atoms with Crippen LogP contribution in [0.25, 0.3) is 0 Å². The summed E-state index contributed by atoms with van der Waals surface area (Å²) in [5.41, 5.74) is 5.56. The lowest BCUT2D eigenvalue weighted by atomic mass is 9.84. The molecule has 0 aromatic heterocycles. The lowest BCUT2D eigenvalue weighted by Gasteiger charge is -2.25. The van der Waals surface area contributed by atoms with E-state index in [1.54, 1.807) is 0 Å². The molecule has 4 N–H and O–H groups in total. The van der Waals surface area contributed by atoms with Gasteiger partial charge in [-0.25, -0.2) is 0 Å². The van der Waals surface area contributed by atoms with Gasteiger partial charge in [0.25, 0.3) is 0 Å². The van der Waals surface area contributed by atoms with E-state index in [1.807, 2.05) is 0 Å². The zero-order valence-corrected chi connectivity index (χ0v) is 20.1. The smallest absolute Gasteiger partial charge is 0.00670 e. The fraction of sp³-hybridized carbons (Fsp3) is 1.00. The van der Waals surface area contributed by atoms with Crippen LogP contribution in [-0.2, 0) is 0 Å². The monoisotopic (exact) mass is 429 g/mol. The summed E-state index contributed by atoms with van der Waals surface area (Å²) < 4.78 is 0. The van der Waals surface area contributed by atoms with Gasteiger partial charge in [0.05, 0.1) is 0 Å². The Labute approximate surface area is 188 Å². The lowest BCUT2D eigenvalue weighted by Crippen LogP contribution is -2.32. The minimum Gasteiger partial charge on any atom is -0.330 e. The summed E-state index contributed by atoms with van der Waals surface area (Å²) in [6.45, 7) is 4.18. The van der Waals surface area contributed by atoms with E-state index in [9.17, 15) is 0 Å². The van der Waals surface area contributed by atoms with Crippen LogP contribution in [0.4, 0.5) is 0 Å². The van der Waals surface area contributed by atoms with E-state index in [4.69, 9.17) is 5.73 Å². The molecule has 2 aliphatic carbocycles. The maximum Gasteiger partial charge on any atom is 0.00670 e. The third kappa shape index (κ3) is 14.0. The molecule has 2 fully saturated rings. The van der Waals surface area contributed by atoms with E-state index >= 15 is 0 Å². The zero-order valence-electron chi connectivity index (χ0n) is 19.3. The minimum atomic E-state index is 0.